The molecule has 3 rings (SSSR count). The molecule has 0 saturated heterocycles. The molecule has 0 bridgehead atoms. The summed E-state index contributed by atoms with van der Waals surface area (Å²) in [4.78, 5) is 19.5. The maximum absolute atomic E-state index is 12.2. The standard InChI is InChI=1S/C20H28N6O5S/c1-13(27)11-22-32(29,30)16-9-7-15(8-10-16)23-20-24-18(21)17(26-28)19(25-20)31-12-14-5-3-2-4-6-14/h7-10,13-14,22,27H,2-6,11-12H2,1H3,(H3,21,23,24,25). The van der Waals surface area contributed by atoms with Crippen LogP contribution in [0.5, 0.6) is 5.88 Å². The predicted molar refractivity (Wildman–Crippen MR) is 121 cm³/mol. The van der Waals surface area contributed by atoms with Crippen LogP contribution in [-0.4, -0.2) is 42.7 Å². The number of aliphatic hydroxyl groups excluding tert-OH is 1. The highest BCUT2D eigenvalue weighted by molar-refractivity contribution is 7.89. The second-order valence-electron chi connectivity index (χ2n) is 7.84. The SMILES string of the molecule is CC(O)CNS(=O)(=O)c1ccc(Nc2nc(N)c(N=O)c(OCC3CCCCC3)n2)cc1. The number of sulfonamides is 1. The van der Waals surface area contributed by atoms with Gasteiger partial charge in [-0.2, -0.15) is 9.97 Å². The summed E-state index contributed by atoms with van der Waals surface area (Å²) in [5.74, 6) is 0.393. The number of hydrogen-bond donors (Lipinski definition) is 4. The molecule has 0 aliphatic heterocycles. The molecule has 12 heteroatoms. The van der Waals surface area contributed by atoms with E-state index in [9.17, 15) is 18.4 Å². The second kappa shape index (κ2) is 10.7. The van der Waals surface area contributed by atoms with Gasteiger partial charge in [0.25, 0.3) is 5.88 Å². The van der Waals surface area contributed by atoms with Gasteiger partial charge in [0, 0.05) is 12.2 Å². The number of benzene rings is 1. The molecule has 1 saturated carbocycles. The summed E-state index contributed by atoms with van der Waals surface area (Å²) in [6.07, 6.45) is 4.88. The smallest absolute Gasteiger partial charge is 0.250 e. The number of nitroso groups, excluding NO2 is 1. The number of aliphatic hydroxyl groups is 1. The van der Waals surface area contributed by atoms with Crippen molar-refractivity contribution in [3.05, 3.63) is 29.2 Å². The zero-order valence-electron chi connectivity index (χ0n) is 17.8. The Balaban J connectivity index is 1.72. The first-order chi connectivity index (χ1) is 15.3. The fourth-order valence-corrected chi connectivity index (χ4v) is 4.53. The second-order valence-corrected chi connectivity index (χ2v) is 9.61. The first-order valence-corrected chi connectivity index (χ1v) is 12.0. The average molecular weight is 465 g/mol. The Hall–Kier alpha value is -2.83. The normalized spacial score (nSPS) is 15.8. The maximum atomic E-state index is 12.2. The lowest BCUT2D eigenvalue weighted by atomic mass is 9.90. The molecule has 11 nitrogen and oxygen atoms in total. The van der Waals surface area contributed by atoms with Crippen molar-refractivity contribution in [1.29, 1.82) is 0 Å². The van der Waals surface area contributed by atoms with E-state index in [2.05, 4.69) is 25.2 Å². The molecule has 0 amide bonds. The maximum Gasteiger partial charge on any atom is 0.250 e. The third-order valence-corrected chi connectivity index (χ3v) is 6.58. The van der Waals surface area contributed by atoms with E-state index in [0.717, 1.165) is 25.7 Å². The molecule has 174 valence electrons. The number of anilines is 3. The number of nitrogens with zero attached hydrogens (tertiary/aromatic N) is 3. The predicted octanol–water partition coefficient (Wildman–Crippen LogP) is 2.82. The lowest BCUT2D eigenvalue weighted by Gasteiger charge is -2.21. The highest BCUT2D eigenvalue weighted by Gasteiger charge is 2.19. The Labute approximate surface area is 186 Å². The first kappa shape index (κ1) is 23.8. The van der Waals surface area contributed by atoms with Crippen LogP contribution in [0.4, 0.5) is 23.1 Å². The molecule has 1 fully saturated rings. The fourth-order valence-electron chi connectivity index (χ4n) is 3.40. The van der Waals surface area contributed by atoms with Crippen molar-refractivity contribution >= 4 is 33.2 Å². The van der Waals surface area contributed by atoms with E-state index in [-0.39, 0.29) is 34.8 Å². The van der Waals surface area contributed by atoms with Crippen molar-refractivity contribution in [3.8, 4) is 5.88 Å². The quantitative estimate of drug-likeness (QED) is 0.386. The van der Waals surface area contributed by atoms with Gasteiger partial charge in [0.05, 0.1) is 17.6 Å². The molecule has 0 spiro atoms. The summed E-state index contributed by atoms with van der Waals surface area (Å²) < 4.78 is 32.5. The first-order valence-electron chi connectivity index (χ1n) is 10.5. The lowest BCUT2D eigenvalue weighted by molar-refractivity contribution is 0.198. The summed E-state index contributed by atoms with van der Waals surface area (Å²) in [6.45, 7) is 1.82. The molecule has 2 aromatic rings. The number of hydrogen-bond acceptors (Lipinski definition) is 10. The number of nitrogens with one attached hydrogen (secondary N) is 2. The zero-order valence-corrected chi connectivity index (χ0v) is 18.6. The van der Waals surface area contributed by atoms with Gasteiger partial charge in [-0.15, -0.1) is 4.91 Å². The van der Waals surface area contributed by atoms with Crippen LogP contribution in [0.3, 0.4) is 0 Å². The van der Waals surface area contributed by atoms with Crippen LogP contribution in [0.25, 0.3) is 0 Å². The zero-order chi connectivity index (χ0) is 23.1. The average Bonchev–Trinajstić information content (AvgIpc) is 2.77. The summed E-state index contributed by atoms with van der Waals surface area (Å²) >= 11 is 0. The van der Waals surface area contributed by atoms with Crippen LogP contribution in [0.15, 0.2) is 34.3 Å². The topological polar surface area (TPSA) is 169 Å². The molecule has 1 aromatic carbocycles. The van der Waals surface area contributed by atoms with Crippen LogP contribution in [0.2, 0.25) is 0 Å². The van der Waals surface area contributed by atoms with E-state index in [1.807, 2.05) is 0 Å². The van der Waals surface area contributed by atoms with Gasteiger partial charge in [-0.3, -0.25) is 0 Å². The van der Waals surface area contributed by atoms with Gasteiger partial charge < -0.3 is 20.9 Å². The molecular weight excluding hydrogens is 436 g/mol. The van der Waals surface area contributed by atoms with Crippen LogP contribution in [0.1, 0.15) is 39.0 Å². The molecule has 1 aromatic heterocycles. The summed E-state index contributed by atoms with van der Waals surface area (Å²) in [5, 5.41) is 15.1. The van der Waals surface area contributed by atoms with Gasteiger partial charge >= 0.3 is 0 Å². The van der Waals surface area contributed by atoms with Crippen molar-refractivity contribution in [2.24, 2.45) is 11.1 Å². The van der Waals surface area contributed by atoms with Crippen molar-refractivity contribution in [1.82, 2.24) is 14.7 Å². The highest BCUT2D eigenvalue weighted by Crippen LogP contribution is 2.33. The number of nitrogens with two attached hydrogens (primary N) is 1. The van der Waals surface area contributed by atoms with Crippen molar-refractivity contribution in [2.75, 3.05) is 24.2 Å². The molecule has 1 aliphatic carbocycles. The molecular formula is C20H28N6O5S. The number of nitrogen functional groups attached to an aromatic ring is 1. The largest absolute Gasteiger partial charge is 0.476 e. The molecule has 0 radical (unpaired) electrons. The Morgan fingerprint density at radius 1 is 1.22 bits per heavy atom. The number of ether oxygens (including phenoxy) is 1. The van der Waals surface area contributed by atoms with Crippen molar-refractivity contribution in [2.45, 2.75) is 50.0 Å². The Morgan fingerprint density at radius 2 is 1.91 bits per heavy atom. The minimum Gasteiger partial charge on any atom is -0.476 e. The van der Waals surface area contributed by atoms with E-state index >= 15 is 0 Å². The summed E-state index contributed by atoms with van der Waals surface area (Å²) in [6, 6.07) is 5.87. The van der Waals surface area contributed by atoms with Gasteiger partial charge in [0.15, 0.2) is 5.82 Å². The van der Waals surface area contributed by atoms with Crippen LogP contribution in [0, 0.1) is 10.8 Å². The summed E-state index contributed by atoms with van der Waals surface area (Å²) in [5.41, 5.74) is 6.22. The molecule has 1 atom stereocenters. The van der Waals surface area contributed by atoms with Gasteiger partial charge in [0.1, 0.15) is 0 Å². The lowest BCUT2D eigenvalue weighted by Crippen LogP contribution is -2.30. The van der Waals surface area contributed by atoms with Crippen LogP contribution < -0.4 is 20.5 Å². The number of aromatic nitrogens is 2. The Kier molecular flexibility index (Phi) is 7.94. The van der Waals surface area contributed by atoms with Crippen LogP contribution >= 0.6 is 0 Å². The molecule has 32 heavy (non-hydrogen) atoms. The molecule has 1 unspecified atom stereocenters. The molecule has 5 N–H and O–H groups in total. The van der Waals surface area contributed by atoms with E-state index in [1.54, 1.807) is 0 Å². The third kappa shape index (κ3) is 6.34. The van der Waals surface area contributed by atoms with E-state index in [0.29, 0.717) is 18.2 Å². The Bertz CT molecular complexity index is 1020. The molecule has 1 aliphatic rings. The number of rotatable bonds is 10. The summed E-state index contributed by atoms with van der Waals surface area (Å²) in [7, 11) is -3.74. The highest BCUT2D eigenvalue weighted by atomic mass is 32.2. The third-order valence-electron chi connectivity index (χ3n) is 5.14. The fraction of sp³-hybridized carbons (Fsp3) is 0.500. The van der Waals surface area contributed by atoms with Gasteiger partial charge in [0.2, 0.25) is 21.7 Å². The van der Waals surface area contributed by atoms with E-state index < -0.39 is 16.1 Å². The minimum atomic E-state index is -3.74. The monoisotopic (exact) mass is 464 g/mol. The van der Waals surface area contributed by atoms with Crippen LogP contribution in [-0.2, 0) is 10.0 Å². The van der Waals surface area contributed by atoms with Crippen molar-refractivity contribution < 1.29 is 18.3 Å². The van der Waals surface area contributed by atoms with Gasteiger partial charge in [-0.05, 0) is 55.1 Å². The van der Waals surface area contributed by atoms with Gasteiger partial charge in [-0.1, -0.05) is 19.3 Å². The Morgan fingerprint density at radius 3 is 2.53 bits per heavy atom. The minimum absolute atomic E-state index is 0.0158. The van der Waals surface area contributed by atoms with Crippen molar-refractivity contribution in [3.63, 3.8) is 0 Å². The van der Waals surface area contributed by atoms with E-state index in [1.165, 1.54) is 37.6 Å². The van der Waals surface area contributed by atoms with E-state index in [4.69, 9.17) is 10.5 Å². The van der Waals surface area contributed by atoms with Gasteiger partial charge in [-0.25, -0.2) is 13.1 Å². The molecule has 1 heterocycles.